The molecule has 1 aromatic carbocycles. The van der Waals surface area contributed by atoms with E-state index in [0.29, 0.717) is 13.2 Å². The van der Waals surface area contributed by atoms with E-state index in [0.717, 1.165) is 61.3 Å². The Morgan fingerprint density at radius 2 is 2.17 bits per heavy atom. The lowest BCUT2D eigenvalue weighted by Crippen LogP contribution is -2.47. The van der Waals surface area contributed by atoms with Crippen LogP contribution in [0.4, 0.5) is 0 Å². The number of halogens is 1. The number of guanidine groups is 1. The van der Waals surface area contributed by atoms with Crippen LogP contribution in [0.1, 0.15) is 30.1 Å². The van der Waals surface area contributed by atoms with Gasteiger partial charge in [0.1, 0.15) is 18.2 Å². The SMILES string of the molecule is CN=C(NCCCOc1ccccc1C)NC1CCc2nc(COC)nn2C1.I. The number of aromatic nitrogens is 3. The first kappa shape index (κ1) is 23.4. The predicted molar refractivity (Wildman–Crippen MR) is 124 cm³/mol. The molecule has 8 nitrogen and oxygen atoms in total. The van der Waals surface area contributed by atoms with E-state index in [-0.39, 0.29) is 30.0 Å². The van der Waals surface area contributed by atoms with Crippen LogP contribution in [0.2, 0.25) is 0 Å². The van der Waals surface area contributed by atoms with Crippen LogP contribution in [0.15, 0.2) is 29.3 Å². The molecule has 1 aliphatic rings. The first-order valence-corrected chi connectivity index (χ1v) is 9.76. The van der Waals surface area contributed by atoms with Gasteiger partial charge in [-0.3, -0.25) is 4.99 Å². The average molecular weight is 514 g/mol. The summed E-state index contributed by atoms with van der Waals surface area (Å²) in [6.07, 6.45) is 2.80. The summed E-state index contributed by atoms with van der Waals surface area (Å²) in [7, 11) is 3.45. The second-order valence-corrected chi connectivity index (χ2v) is 6.91. The van der Waals surface area contributed by atoms with Gasteiger partial charge in [-0.25, -0.2) is 9.67 Å². The third kappa shape index (κ3) is 6.84. The van der Waals surface area contributed by atoms with Gasteiger partial charge in [-0.1, -0.05) is 18.2 Å². The van der Waals surface area contributed by atoms with E-state index in [4.69, 9.17) is 9.47 Å². The van der Waals surface area contributed by atoms with Crippen LogP contribution >= 0.6 is 24.0 Å². The Labute approximate surface area is 189 Å². The Balaban J connectivity index is 0.00000300. The van der Waals surface area contributed by atoms with Crippen molar-refractivity contribution in [2.24, 2.45) is 4.99 Å². The third-order valence-electron chi connectivity index (χ3n) is 4.70. The molecule has 0 bridgehead atoms. The molecule has 2 heterocycles. The summed E-state index contributed by atoms with van der Waals surface area (Å²) in [5.41, 5.74) is 1.16. The first-order chi connectivity index (χ1) is 13.7. The molecular formula is C20H31IN6O2. The smallest absolute Gasteiger partial charge is 0.191 e. The molecule has 0 spiro atoms. The molecule has 0 fully saturated rings. The van der Waals surface area contributed by atoms with Crippen LogP contribution in [-0.2, 0) is 24.3 Å². The number of benzene rings is 1. The molecule has 2 aromatic rings. The van der Waals surface area contributed by atoms with Crippen molar-refractivity contribution in [1.29, 1.82) is 0 Å². The van der Waals surface area contributed by atoms with Crippen LogP contribution in [-0.4, -0.2) is 54.1 Å². The van der Waals surface area contributed by atoms with Gasteiger partial charge in [0.15, 0.2) is 11.8 Å². The van der Waals surface area contributed by atoms with Crippen LogP contribution in [0.5, 0.6) is 5.75 Å². The summed E-state index contributed by atoms with van der Waals surface area (Å²) in [4.78, 5) is 8.85. The highest BCUT2D eigenvalue weighted by atomic mass is 127. The molecular weight excluding hydrogens is 483 g/mol. The first-order valence-electron chi connectivity index (χ1n) is 9.76. The standard InChI is InChI=1S/C20H30N6O2.HI/c1-15-7-4-5-8-17(15)28-12-6-11-22-20(21-2)23-16-9-10-19-24-18(14-27-3)25-26(19)13-16;/h4-5,7-8,16H,6,9-14H2,1-3H3,(H2,21,22,23);1H. The predicted octanol–water partition coefficient (Wildman–Crippen LogP) is 2.30. The molecule has 0 aliphatic carbocycles. The highest BCUT2D eigenvalue weighted by molar-refractivity contribution is 14.0. The van der Waals surface area contributed by atoms with Crippen LogP contribution < -0.4 is 15.4 Å². The maximum atomic E-state index is 5.83. The van der Waals surface area contributed by atoms with E-state index < -0.39 is 0 Å². The van der Waals surface area contributed by atoms with Crippen molar-refractivity contribution in [1.82, 2.24) is 25.4 Å². The van der Waals surface area contributed by atoms with Crippen molar-refractivity contribution in [3.8, 4) is 5.75 Å². The zero-order valence-electron chi connectivity index (χ0n) is 17.4. The number of para-hydroxylation sites is 1. The molecule has 1 atom stereocenters. The van der Waals surface area contributed by atoms with Crippen molar-refractivity contribution in [3.63, 3.8) is 0 Å². The summed E-state index contributed by atoms with van der Waals surface area (Å²) in [6, 6.07) is 8.35. The lowest BCUT2D eigenvalue weighted by molar-refractivity contribution is 0.177. The number of aliphatic imine (C=N–C) groups is 1. The van der Waals surface area contributed by atoms with Gasteiger partial charge in [-0.15, -0.1) is 24.0 Å². The molecule has 0 saturated carbocycles. The fraction of sp³-hybridized carbons (Fsp3) is 0.550. The number of fused-ring (bicyclic) bond motifs is 1. The summed E-state index contributed by atoms with van der Waals surface area (Å²) in [5.74, 6) is 3.53. The monoisotopic (exact) mass is 514 g/mol. The average Bonchev–Trinajstić information content (AvgIpc) is 3.10. The van der Waals surface area contributed by atoms with Crippen molar-refractivity contribution in [2.45, 2.75) is 45.4 Å². The van der Waals surface area contributed by atoms with E-state index >= 15 is 0 Å². The molecule has 3 rings (SSSR count). The zero-order valence-corrected chi connectivity index (χ0v) is 19.7. The molecule has 160 valence electrons. The van der Waals surface area contributed by atoms with Crippen molar-refractivity contribution in [2.75, 3.05) is 27.3 Å². The molecule has 0 amide bonds. The molecule has 0 saturated heterocycles. The number of nitrogens with zero attached hydrogens (tertiary/aromatic N) is 4. The number of methoxy groups -OCH3 is 1. The minimum atomic E-state index is 0. The minimum Gasteiger partial charge on any atom is -0.493 e. The molecule has 1 unspecified atom stereocenters. The van der Waals surface area contributed by atoms with Gasteiger partial charge in [0.05, 0.1) is 13.2 Å². The maximum Gasteiger partial charge on any atom is 0.191 e. The zero-order chi connectivity index (χ0) is 19.8. The number of hydrogen-bond acceptors (Lipinski definition) is 5. The molecule has 0 radical (unpaired) electrons. The van der Waals surface area contributed by atoms with Gasteiger partial charge >= 0.3 is 0 Å². The van der Waals surface area contributed by atoms with Gasteiger partial charge in [-0.2, -0.15) is 5.10 Å². The Kier molecular flexibility index (Phi) is 9.65. The molecule has 1 aromatic heterocycles. The van der Waals surface area contributed by atoms with Crippen LogP contribution in [0.25, 0.3) is 0 Å². The molecule has 1 aliphatic heterocycles. The quantitative estimate of drug-likeness (QED) is 0.244. The van der Waals surface area contributed by atoms with Crippen molar-refractivity contribution < 1.29 is 9.47 Å². The normalized spacial score (nSPS) is 16.0. The lowest BCUT2D eigenvalue weighted by atomic mass is 10.1. The van der Waals surface area contributed by atoms with Gasteiger partial charge < -0.3 is 20.1 Å². The number of aryl methyl sites for hydroxylation is 2. The largest absolute Gasteiger partial charge is 0.493 e. The highest BCUT2D eigenvalue weighted by Gasteiger charge is 2.22. The molecule has 29 heavy (non-hydrogen) atoms. The Morgan fingerprint density at radius 3 is 2.93 bits per heavy atom. The summed E-state index contributed by atoms with van der Waals surface area (Å²) in [6.45, 7) is 4.75. The molecule has 2 N–H and O–H groups in total. The number of nitrogens with one attached hydrogen (secondary N) is 2. The van der Waals surface area contributed by atoms with Crippen LogP contribution in [0, 0.1) is 6.92 Å². The van der Waals surface area contributed by atoms with E-state index in [1.807, 2.05) is 22.9 Å². The second kappa shape index (κ2) is 12.0. The Hall–Kier alpha value is -1.88. The third-order valence-corrected chi connectivity index (χ3v) is 4.70. The van der Waals surface area contributed by atoms with E-state index in [1.165, 1.54) is 0 Å². The molecule has 9 heteroatoms. The number of hydrogen-bond donors (Lipinski definition) is 2. The van der Waals surface area contributed by atoms with Gasteiger partial charge in [0.2, 0.25) is 0 Å². The fourth-order valence-corrected chi connectivity index (χ4v) is 3.24. The van der Waals surface area contributed by atoms with Gasteiger partial charge in [-0.05, 0) is 31.4 Å². The minimum absolute atomic E-state index is 0. The van der Waals surface area contributed by atoms with Gasteiger partial charge in [0, 0.05) is 33.2 Å². The Bertz CT molecular complexity index is 795. The second-order valence-electron chi connectivity index (χ2n) is 6.91. The van der Waals surface area contributed by atoms with Crippen LogP contribution in [0.3, 0.4) is 0 Å². The summed E-state index contributed by atoms with van der Waals surface area (Å²) in [5, 5.41) is 11.4. The highest BCUT2D eigenvalue weighted by Crippen LogP contribution is 2.16. The summed E-state index contributed by atoms with van der Waals surface area (Å²) < 4.78 is 12.9. The topological polar surface area (TPSA) is 85.6 Å². The van der Waals surface area contributed by atoms with Crippen molar-refractivity contribution in [3.05, 3.63) is 41.5 Å². The van der Waals surface area contributed by atoms with E-state index in [2.05, 4.69) is 38.7 Å². The summed E-state index contributed by atoms with van der Waals surface area (Å²) >= 11 is 0. The van der Waals surface area contributed by atoms with E-state index in [9.17, 15) is 0 Å². The van der Waals surface area contributed by atoms with E-state index in [1.54, 1.807) is 14.2 Å². The maximum absolute atomic E-state index is 5.83. The fourth-order valence-electron chi connectivity index (χ4n) is 3.24. The Morgan fingerprint density at radius 1 is 1.34 bits per heavy atom. The van der Waals surface area contributed by atoms with Gasteiger partial charge in [0.25, 0.3) is 0 Å². The lowest BCUT2D eigenvalue weighted by Gasteiger charge is -2.25. The van der Waals surface area contributed by atoms with Crippen molar-refractivity contribution >= 4 is 29.9 Å². The number of ether oxygens (including phenoxy) is 2. The number of rotatable bonds is 8.